The second kappa shape index (κ2) is 5.22. The maximum atomic E-state index is 5.74. The molecule has 0 aromatic rings. The van der Waals surface area contributed by atoms with E-state index in [-0.39, 0.29) is 11.2 Å². The summed E-state index contributed by atoms with van der Waals surface area (Å²) in [6.45, 7) is 8.86. The number of unbranched alkanes of at least 4 members (excludes halogenated alkanes) is 1. The molecule has 1 rings (SSSR count). The highest BCUT2D eigenvalue weighted by molar-refractivity contribution is 6.55. The van der Waals surface area contributed by atoms with Crippen molar-refractivity contribution in [3.63, 3.8) is 0 Å². The Balaban J connectivity index is 2.41. The van der Waals surface area contributed by atoms with Crippen molar-refractivity contribution < 1.29 is 14.0 Å². The molecule has 1 heterocycles. The first-order valence-electron chi connectivity index (χ1n) is 5.72. The van der Waals surface area contributed by atoms with Crippen LogP contribution in [-0.4, -0.2) is 32.0 Å². The van der Waals surface area contributed by atoms with Gasteiger partial charge >= 0.3 is 7.12 Å². The van der Waals surface area contributed by atoms with Crippen LogP contribution in [0.2, 0.25) is 0 Å². The molecule has 90 valence electrons. The molecule has 0 saturated carbocycles. The Morgan fingerprint density at radius 3 is 2.19 bits per heavy atom. The zero-order chi connectivity index (χ0) is 12.2. The van der Waals surface area contributed by atoms with E-state index in [9.17, 15) is 0 Å². The normalized spacial score (nSPS) is 21.7. The van der Waals surface area contributed by atoms with Crippen LogP contribution >= 0.6 is 0 Å². The first-order valence-corrected chi connectivity index (χ1v) is 5.72. The van der Waals surface area contributed by atoms with Crippen LogP contribution in [0.1, 0.15) is 40.5 Å². The van der Waals surface area contributed by atoms with Crippen molar-refractivity contribution in [1.82, 2.24) is 0 Å². The van der Waals surface area contributed by atoms with E-state index in [1.165, 1.54) is 0 Å². The first-order chi connectivity index (χ1) is 7.39. The van der Waals surface area contributed by atoms with E-state index in [1.54, 1.807) is 7.11 Å². The number of rotatable bonds is 3. The Labute approximate surface area is 99.0 Å². The predicted octanol–water partition coefficient (Wildman–Crippen LogP) is 2.05. The highest BCUT2D eigenvalue weighted by Gasteiger charge is 2.50. The lowest BCUT2D eigenvalue weighted by Gasteiger charge is -2.32. The third-order valence-corrected chi connectivity index (χ3v) is 3.12. The lowest BCUT2D eigenvalue weighted by molar-refractivity contribution is 0.00578. The minimum atomic E-state index is -0.396. The van der Waals surface area contributed by atoms with Gasteiger partial charge in [0.2, 0.25) is 0 Å². The van der Waals surface area contributed by atoms with E-state index < -0.39 is 7.12 Å². The van der Waals surface area contributed by atoms with Crippen molar-refractivity contribution in [2.24, 2.45) is 0 Å². The molecular formula is C12H21BO3. The second-order valence-electron chi connectivity index (χ2n) is 5.01. The summed E-state index contributed by atoms with van der Waals surface area (Å²) in [4.78, 5) is 0. The van der Waals surface area contributed by atoms with E-state index in [4.69, 9.17) is 14.0 Å². The molecule has 1 saturated heterocycles. The fourth-order valence-electron chi connectivity index (χ4n) is 1.36. The highest BCUT2D eigenvalue weighted by Crippen LogP contribution is 2.36. The van der Waals surface area contributed by atoms with Crippen LogP contribution in [0.25, 0.3) is 0 Å². The molecule has 0 aromatic carbocycles. The average Bonchev–Trinajstić information content (AvgIpc) is 2.35. The zero-order valence-electron chi connectivity index (χ0n) is 10.9. The molecule has 0 aromatic heterocycles. The van der Waals surface area contributed by atoms with Crippen LogP contribution < -0.4 is 0 Å². The summed E-state index contributed by atoms with van der Waals surface area (Å²) < 4.78 is 16.4. The van der Waals surface area contributed by atoms with Crippen molar-refractivity contribution in [1.29, 1.82) is 0 Å². The average molecular weight is 224 g/mol. The van der Waals surface area contributed by atoms with Crippen molar-refractivity contribution in [3.8, 4) is 11.7 Å². The Morgan fingerprint density at radius 1 is 1.12 bits per heavy atom. The van der Waals surface area contributed by atoms with Gasteiger partial charge in [-0.2, -0.15) is 0 Å². The highest BCUT2D eigenvalue weighted by atomic mass is 16.7. The molecule has 0 amide bonds. The summed E-state index contributed by atoms with van der Waals surface area (Å²) in [5.74, 6) is 6.06. The van der Waals surface area contributed by atoms with Crippen LogP contribution in [0.5, 0.6) is 0 Å². The van der Waals surface area contributed by atoms with Gasteiger partial charge in [-0.1, -0.05) is 5.82 Å². The molecule has 0 spiro atoms. The Hall–Kier alpha value is -0.495. The third kappa shape index (κ3) is 3.25. The van der Waals surface area contributed by atoms with Gasteiger partial charge < -0.3 is 14.0 Å². The Bertz CT molecular complexity index is 272. The van der Waals surface area contributed by atoms with Gasteiger partial charge in [-0.05, 0) is 34.1 Å². The maximum Gasteiger partial charge on any atom is 0.551 e. The number of hydrogen-bond donors (Lipinski definition) is 0. The molecule has 0 aliphatic carbocycles. The molecule has 0 bridgehead atoms. The van der Waals surface area contributed by atoms with Crippen LogP contribution in [0.3, 0.4) is 0 Å². The minimum Gasteiger partial charge on any atom is -0.392 e. The monoisotopic (exact) mass is 224 g/mol. The van der Waals surface area contributed by atoms with Crippen molar-refractivity contribution in [3.05, 3.63) is 0 Å². The zero-order valence-corrected chi connectivity index (χ0v) is 10.9. The second-order valence-corrected chi connectivity index (χ2v) is 5.01. The van der Waals surface area contributed by atoms with Crippen molar-refractivity contribution in [2.45, 2.75) is 51.7 Å². The van der Waals surface area contributed by atoms with Crippen LogP contribution in [0.4, 0.5) is 0 Å². The maximum absolute atomic E-state index is 5.74. The molecule has 0 unspecified atom stereocenters. The molecule has 0 atom stereocenters. The smallest absolute Gasteiger partial charge is 0.392 e. The topological polar surface area (TPSA) is 27.7 Å². The Kier molecular flexibility index (Phi) is 4.43. The van der Waals surface area contributed by atoms with Gasteiger partial charge in [0.1, 0.15) is 0 Å². The molecule has 4 heteroatoms. The van der Waals surface area contributed by atoms with Gasteiger partial charge in [-0.25, -0.2) is 0 Å². The van der Waals surface area contributed by atoms with Gasteiger partial charge in [0.15, 0.2) is 0 Å². The van der Waals surface area contributed by atoms with Crippen LogP contribution in [-0.2, 0) is 14.0 Å². The van der Waals surface area contributed by atoms with Crippen molar-refractivity contribution in [2.75, 3.05) is 13.7 Å². The lowest BCUT2D eigenvalue weighted by atomic mass is 9.90. The standard InChI is InChI=1S/C12H21BO3/c1-11(2)12(3,4)16-13(15-11)9-7-6-8-10-14-5/h6,8,10H2,1-5H3. The van der Waals surface area contributed by atoms with Crippen LogP contribution in [0.15, 0.2) is 0 Å². The first kappa shape index (κ1) is 13.6. The van der Waals surface area contributed by atoms with Crippen molar-refractivity contribution >= 4 is 7.12 Å². The lowest BCUT2D eigenvalue weighted by Crippen LogP contribution is -2.41. The number of ether oxygens (including phenoxy) is 1. The van der Waals surface area contributed by atoms with Gasteiger partial charge in [-0.15, -0.1) is 5.92 Å². The van der Waals surface area contributed by atoms with Crippen LogP contribution in [0, 0.1) is 11.7 Å². The molecule has 16 heavy (non-hydrogen) atoms. The molecule has 0 radical (unpaired) electrons. The fourth-order valence-corrected chi connectivity index (χ4v) is 1.36. The van der Waals surface area contributed by atoms with Gasteiger partial charge in [-0.3, -0.25) is 0 Å². The molecule has 1 aliphatic heterocycles. The summed E-state index contributed by atoms with van der Waals surface area (Å²) in [5, 5.41) is 0. The van der Waals surface area contributed by atoms with E-state index in [0.29, 0.717) is 0 Å². The third-order valence-electron chi connectivity index (χ3n) is 3.12. The predicted molar refractivity (Wildman–Crippen MR) is 65.0 cm³/mol. The number of hydrogen-bond acceptors (Lipinski definition) is 3. The summed E-state index contributed by atoms with van der Waals surface area (Å²) in [6, 6.07) is 0. The summed E-state index contributed by atoms with van der Waals surface area (Å²) in [7, 11) is 1.30. The fraction of sp³-hybridized carbons (Fsp3) is 0.833. The SMILES string of the molecule is COCCCC#CB1OC(C)(C)C(C)(C)O1. The van der Waals surface area contributed by atoms with E-state index >= 15 is 0 Å². The van der Waals surface area contributed by atoms with E-state index in [1.807, 2.05) is 27.7 Å². The van der Waals surface area contributed by atoms with E-state index in [2.05, 4.69) is 11.7 Å². The Morgan fingerprint density at radius 2 is 1.69 bits per heavy atom. The summed E-state index contributed by atoms with van der Waals surface area (Å²) >= 11 is 0. The van der Waals surface area contributed by atoms with E-state index in [0.717, 1.165) is 19.4 Å². The van der Waals surface area contributed by atoms with Gasteiger partial charge in [0, 0.05) is 20.1 Å². The molecule has 3 nitrogen and oxygen atoms in total. The molecule has 0 N–H and O–H groups in total. The molecule has 1 fully saturated rings. The molecular weight excluding hydrogens is 203 g/mol. The summed E-state index contributed by atoms with van der Waals surface area (Å²) in [5.41, 5.74) is -0.586. The largest absolute Gasteiger partial charge is 0.551 e. The van der Waals surface area contributed by atoms with Gasteiger partial charge in [0.25, 0.3) is 0 Å². The quantitative estimate of drug-likeness (QED) is 0.417. The molecule has 1 aliphatic rings. The summed E-state index contributed by atoms with van der Waals surface area (Å²) in [6.07, 6.45) is 1.76. The minimum absolute atomic E-state index is 0.293. The number of methoxy groups -OCH3 is 1. The van der Waals surface area contributed by atoms with Gasteiger partial charge in [0.05, 0.1) is 11.2 Å².